The van der Waals surface area contributed by atoms with Gasteiger partial charge in [0.05, 0.1) is 16.8 Å². The second-order valence-electron chi connectivity index (χ2n) is 6.74. The van der Waals surface area contributed by atoms with Crippen molar-refractivity contribution in [1.82, 2.24) is 4.98 Å². The van der Waals surface area contributed by atoms with Gasteiger partial charge in [-0.1, -0.05) is 18.2 Å². The molecule has 0 aliphatic carbocycles. The van der Waals surface area contributed by atoms with Crippen LogP contribution in [0.1, 0.15) is 17.5 Å². The zero-order chi connectivity index (χ0) is 20.2. The van der Waals surface area contributed by atoms with Crippen molar-refractivity contribution in [3.05, 3.63) is 77.7 Å². The molecule has 0 spiro atoms. The van der Waals surface area contributed by atoms with Gasteiger partial charge in [-0.15, -0.1) is 22.9 Å². The van der Waals surface area contributed by atoms with E-state index in [9.17, 15) is 4.39 Å². The Bertz CT molecular complexity index is 1140. The fourth-order valence-corrected chi connectivity index (χ4v) is 4.40. The summed E-state index contributed by atoms with van der Waals surface area (Å²) >= 11 is 7.37. The van der Waals surface area contributed by atoms with Crippen LogP contribution in [-0.4, -0.2) is 17.5 Å². The maximum absolute atomic E-state index is 14.3. The van der Waals surface area contributed by atoms with Crippen LogP contribution < -0.4 is 10.5 Å². The maximum atomic E-state index is 14.3. The number of nitrogens with two attached hydrogens (primary N) is 1. The number of rotatable bonds is 7. The topological polar surface area (TPSA) is 48.1 Å². The highest BCUT2D eigenvalue weighted by Gasteiger charge is 2.12. The molecule has 2 N–H and O–H groups in total. The number of fused-ring (bicyclic) bond motifs is 1. The van der Waals surface area contributed by atoms with Crippen molar-refractivity contribution in [2.45, 2.75) is 12.8 Å². The Hall–Kier alpha value is -2.63. The molecule has 4 aromatic rings. The van der Waals surface area contributed by atoms with Gasteiger partial charge in [-0.2, -0.15) is 0 Å². The average Bonchev–Trinajstić information content (AvgIpc) is 3.16. The Kier molecular flexibility index (Phi) is 5.97. The summed E-state index contributed by atoms with van der Waals surface area (Å²) in [5.74, 6) is 1.12. The molecule has 29 heavy (non-hydrogen) atoms. The second-order valence-corrected chi connectivity index (χ2v) is 8.17. The van der Waals surface area contributed by atoms with Crippen LogP contribution in [0.3, 0.4) is 0 Å². The van der Waals surface area contributed by atoms with Crippen molar-refractivity contribution in [2.75, 3.05) is 18.2 Å². The van der Waals surface area contributed by atoms with Crippen LogP contribution in [0.15, 0.2) is 60.8 Å². The lowest BCUT2D eigenvalue weighted by Crippen LogP contribution is -1.97. The van der Waals surface area contributed by atoms with Gasteiger partial charge in [-0.25, -0.2) is 4.39 Å². The van der Waals surface area contributed by atoms with E-state index in [0.717, 1.165) is 38.4 Å². The van der Waals surface area contributed by atoms with Gasteiger partial charge in [-0.05, 0) is 59.5 Å². The largest absolute Gasteiger partial charge is 0.494 e. The van der Waals surface area contributed by atoms with E-state index in [-0.39, 0.29) is 5.82 Å². The molecular formula is C23H20ClFN2OS. The number of nitrogen functional groups attached to an aromatic ring is 1. The Morgan fingerprint density at radius 1 is 1.07 bits per heavy atom. The van der Waals surface area contributed by atoms with E-state index in [2.05, 4.69) is 17.1 Å². The summed E-state index contributed by atoms with van der Waals surface area (Å²) in [4.78, 5) is 5.60. The number of pyridine rings is 1. The van der Waals surface area contributed by atoms with E-state index in [1.807, 2.05) is 24.3 Å². The summed E-state index contributed by atoms with van der Waals surface area (Å²) in [6.07, 6.45) is 3.07. The number of benzene rings is 2. The van der Waals surface area contributed by atoms with Crippen LogP contribution >= 0.6 is 22.9 Å². The third-order valence-electron chi connectivity index (χ3n) is 4.62. The molecule has 6 heteroatoms. The highest BCUT2D eigenvalue weighted by Crippen LogP contribution is 2.36. The first-order chi connectivity index (χ1) is 14.1. The highest BCUT2D eigenvalue weighted by atomic mass is 35.5. The summed E-state index contributed by atoms with van der Waals surface area (Å²) in [6.45, 7) is 0.595. The molecule has 3 nitrogen and oxygen atoms in total. The van der Waals surface area contributed by atoms with Crippen LogP contribution in [0.2, 0.25) is 0 Å². The minimum atomic E-state index is -0.284. The van der Waals surface area contributed by atoms with Crippen molar-refractivity contribution in [3.63, 3.8) is 0 Å². The van der Waals surface area contributed by atoms with Gasteiger partial charge in [0.25, 0.3) is 0 Å². The third-order valence-corrected chi connectivity index (χ3v) is 6.13. The predicted molar refractivity (Wildman–Crippen MR) is 120 cm³/mol. The zero-order valence-corrected chi connectivity index (χ0v) is 17.3. The number of halogens is 2. The van der Waals surface area contributed by atoms with Crippen molar-refractivity contribution in [1.29, 1.82) is 0 Å². The minimum Gasteiger partial charge on any atom is -0.494 e. The Labute approximate surface area is 177 Å². The lowest BCUT2D eigenvalue weighted by molar-refractivity contribution is 0.318. The van der Waals surface area contributed by atoms with E-state index in [4.69, 9.17) is 22.1 Å². The van der Waals surface area contributed by atoms with Crippen LogP contribution in [0, 0.1) is 5.82 Å². The first-order valence-corrected chi connectivity index (χ1v) is 10.7. The van der Waals surface area contributed by atoms with E-state index in [1.54, 1.807) is 29.7 Å². The fraction of sp³-hybridized carbons (Fsp3) is 0.174. The van der Waals surface area contributed by atoms with Crippen LogP contribution in [0.25, 0.3) is 20.7 Å². The molecule has 0 aliphatic rings. The number of hydrogen-bond donors (Lipinski definition) is 1. The number of hydrogen-bond acceptors (Lipinski definition) is 4. The summed E-state index contributed by atoms with van der Waals surface area (Å²) in [5, 5.41) is 0. The molecule has 0 bridgehead atoms. The van der Waals surface area contributed by atoms with Crippen molar-refractivity contribution < 1.29 is 9.13 Å². The Balaban J connectivity index is 1.65. The molecule has 0 unspecified atom stereocenters. The van der Waals surface area contributed by atoms with Gasteiger partial charge < -0.3 is 10.5 Å². The summed E-state index contributed by atoms with van der Waals surface area (Å²) in [7, 11) is 0. The normalized spacial score (nSPS) is 11.1. The first-order valence-electron chi connectivity index (χ1n) is 9.34. The summed E-state index contributed by atoms with van der Waals surface area (Å²) in [5.41, 5.74) is 9.74. The molecule has 0 amide bonds. The molecule has 0 atom stereocenters. The van der Waals surface area contributed by atoms with E-state index >= 15 is 0 Å². The SMILES string of the molecule is Nc1ccc(Cc2ccnc3cc(-c4cccc(OCCCCl)c4)sc23)c(F)c1. The van der Waals surface area contributed by atoms with Crippen molar-refractivity contribution >= 4 is 38.8 Å². The molecule has 2 aromatic carbocycles. The van der Waals surface area contributed by atoms with Crippen molar-refractivity contribution in [2.24, 2.45) is 0 Å². The number of anilines is 1. The monoisotopic (exact) mass is 426 g/mol. The quantitative estimate of drug-likeness (QED) is 0.215. The van der Waals surface area contributed by atoms with Gasteiger partial charge in [-0.3, -0.25) is 4.98 Å². The first kappa shape index (κ1) is 19.7. The molecule has 2 aromatic heterocycles. The smallest absolute Gasteiger partial charge is 0.128 e. The molecule has 4 rings (SSSR count). The third kappa shape index (κ3) is 4.52. The van der Waals surface area contributed by atoms with Gasteiger partial charge in [0.2, 0.25) is 0 Å². The molecule has 148 valence electrons. The molecule has 0 radical (unpaired) electrons. The number of ether oxygens (including phenoxy) is 1. The van der Waals surface area contributed by atoms with E-state index in [0.29, 0.717) is 30.2 Å². The predicted octanol–water partition coefficient (Wildman–Crippen LogP) is 6.28. The van der Waals surface area contributed by atoms with Gasteiger partial charge in [0.1, 0.15) is 11.6 Å². The molecule has 0 saturated carbocycles. The van der Waals surface area contributed by atoms with E-state index < -0.39 is 0 Å². The zero-order valence-electron chi connectivity index (χ0n) is 15.7. The van der Waals surface area contributed by atoms with Gasteiger partial charge >= 0.3 is 0 Å². The lowest BCUT2D eigenvalue weighted by atomic mass is 10.0. The molecular weight excluding hydrogens is 407 g/mol. The molecule has 0 aliphatic heterocycles. The van der Waals surface area contributed by atoms with Crippen LogP contribution in [-0.2, 0) is 6.42 Å². The molecule has 0 fully saturated rings. The standard InChI is InChI=1S/C23H20ClFN2OS/c24-8-2-10-28-19-4-1-3-16(12-19)22-14-21-23(29-22)17(7-9-27-21)11-15-5-6-18(26)13-20(15)25/h1,3-7,9,12-14H,2,8,10-11,26H2. The molecule has 2 heterocycles. The van der Waals surface area contributed by atoms with Gasteiger partial charge in [0, 0.05) is 29.1 Å². The average molecular weight is 427 g/mol. The van der Waals surface area contributed by atoms with E-state index in [1.165, 1.54) is 6.07 Å². The summed E-state index contributed by atoms with van der Waals surface area (Å²) < 4.78 is 21.1. The number of aromatic nitrogens is 1. The number of nitrogens with zero attached hydrogens (tertiary/aromatic N) is 1. The second kappa shape index (κ2) is 8.80. The Morgan fingerprint density at radius 3 is 2.79 bits per heavy atom. The number of thiophene rings is 1. The molecule has 0 saturated heterocycles. The van der Waals surface area contributed by atoms with Crippen molar-refractivity contribution in [3.8, 4) is 16.2 Å². The minimum absolute atomic E-state index is 0.284. The highest BCUT2D eigenvalue weighted by molar-refractivity contribution is 7.22. The summed E-state index contributed by atoms with van der Waals surface area (Å²) in [6, 6.07) is 16.9. The lowest BCUT2D eigenvalue weighted by Gasteiger charge is -2.06. The number of alkyl halides is 1. The van der Waals surface area contributed by atoms with Crippen LogP contribution in [0.5, 0.6) is 5.75 Å². The van der Waals surface area contributed by atoms with Crippen LogP contribution in [0.4, 0.5) is 10.1 Å². The Morgan fingerprint density at radius 2 is 1.97 bits per heavy atom. The fourth-order valence-electron chi connectivity index (χ4n) is 3.17. The van der Waals surface area contributed by atoms with Gasteiger partial charge in [0.15, 0.2) is 0 Å². The maximum Gasteiger partial charge on any atom is 0.128 e.